The molecule has 4 nitrogen and oxygen atoms in total. The lowest BCUT2D eigenvalue weighted by Gasteiger charge is -2.38. The molecule has 1 heterocycles. The Balaban J connectivity index is 1.36. The molecule has 0 radical (unpaired) electrons. The van der Waals surface area contributed by atoms with Crippen LogP contribution in [-0.2, 0) is 17.8 Å². The topological polar surface area (TPSA) is 41.6 Å². The Morgan fingerprint density at radius 1 is 0.900 bits per heavy atom. The highest BCUT2D eigenvalue weighted by atomic mass is 16.5. The van der Waals surface area contributed by atoms with Crippen molar-refractivity contribution in [1.82, 2.24) is 5.32 Å². The van der Waals surface area contributed by atoms with Crippen molar-refractivity contribution in [2.24, 2.45) is 0 Å². The van der Waals surface area contributed by atoms with Gasteiger partial charge in [0.1, 0.15) is 12.4 Å². The van der Waals surface area contributed by atoms with Gasteiger partial charge < -0.3 is 15.0 Å². The van der Waals surface area contributed by atoms with Gasteiger partial charge in [-0.3, -0.25) is 4.79 Å². The number of carbonyl (C=O) groups excluding carboxylic acids is 1. The zero-order valence-corrected chi connectivity index (χ0v) is 17.2. The second kappa shape index (κ2) is 9.97. The normalized spacial score (nSPS) is 15.2. The Labute approximate surface area is 178 Å². The van der Waals surface area contributed by atoms with Crippen molar-refractivity contribution in [3.05, 3.63) is 96.1 Å². The van der Waals surface area contributed by atoms with Gasteiger partial charge in [0.15, 0.2) is 0 Å². The second-order valence-corrected chi connectivity index (χ2v) is 7.69. The quantitative estimate of drug-likeness (QED) is 0.562. The fourth-order valence-corrected chi connectivity index (χ4v) is 3.90. The van der Waals surface area contributed by atoms with Gasteiger partial charge in [-0.05, 0) is 36.1 Å². The number of fused-ring (bicyclic) bond motifs is 1. The van der Waals surface area contributed by atoms with Crippen LogP contribution in [0.15, 0.2) is 84.9 Å². The van der Waals surface area contributed by atoms with E-state index in [9.17, 15) is 4.79 Å². The number of carbonyl (C=O) groups is 1. The predicted octanol–water partition coefficient (Wildman–Crippen LogP) is 4.59. The summed E-state index contributed by atoms with van der Waals surface area (Å²) in [4.78, 5) is 14.9. The van der Waals surface area contributed by atoms with Crippen molar-refractivity contribution in [3.8, 4) is 5.75 Å². The van der Waals surface area contributed by atoms with Crippen LogP contribution in [0.1, 0.15) is 24.0 Å². The van der Waals surface area contributed by atoms with Crippen LogP contribution in [0.2, 0.25) is 0 Å². The molecule has 0 saturated heterocycles. The van der Waals surface area contributed by atoms with Crippen LogP contribution >= 0.6 is 0 Å². The van der Waals surface area contributed by atoms with Gasteiger partial charge in [-0.2, -0.15) is 0 Å². The maximum Gasteiger partial charge on any atom is 0.222 e. The van der Waals surface area contributed by atoms with Gasteiger partial charge in [0, 0.05) is 13.1 Å². The Morgan fingerprint density at radius 2 is 1.57 bits per heavy atom. The standard InChI is InChI=1S/C26H28N2O2/c29-26(27-17-9-14-21-10-3-1-4-11-21)18-23-20-30-25-16-8-7-15-24(25)28(23)19-22-12-5-2-6-13-22/h1-8,10-13,15-16,23H,9,14,17-20H2,(H,27,29). The minimum atomic E-state index is 0.00855. The molecule has 30 heavy (non-hydrogen) atoms. The number of para-hydroxylation sites is 2. The zero-order chi connectivity index (χ0) is 20.6. The van der Waals surface area contributed by atoms with Gasteiger partial charge in [0.2, 0.25) is 5.91 Å². The summed E-state index contributed by atoms with van der Waals surface area (Å²) in [7, 11) is 0. The summed E-state index contributed by atoms with van der Waals surface area (Å²) < 4.78 is 5.97. The van der Waals surface area contributed by atoms with Crippen LogP contribution in [0, 0.1) is 0 Å². The molecule has 0 spiro atoms. The van der Waals surface area contributed by atoms with E-state index in [1.807, 2.05) is 30.3 Å². The monoisotopic (exact) mass is 400 g/mol. The van der Waals surface area contributed by atoms with Crippen LogP contribution in [0.4, 0.5) is 5.69 Å². The Bertz CT molecular complexity index is 944. The first-order valence-electron chi connectivity index (χ1n) is 10.6. The fourth-order valence-electron chi connectivity index (χ4n) is 3.90. The van der Waals surface area contributed by atoms with Gasteiger partial charge >= 0.3 is 0 Å². The first kappa shape index (κ1) is 20.0. The van der Waals surface area contributed by atoms with Crippen molar-refractivity contribution >= 4 is 11.6 Å². The van der Waals surface area contributed by atoms with E-state index < -0.39 is 0 Å². The number of benzene rings is 3. The number of anilines is 1. The maximum absolute atomic E-state index is 12.6. The SMILES string of the molecule is O=C(CC1COc2ccccc2N1Cc1ccccc1)NCCCc1ccccc1. The summed E-state index contributed by atoms with van der Waals surface area (Å²) in [5.41, 5.74) is 3.58. The highest BCUT2D eigenvalue weighted by Crippen LogP contribution is 2.35. The van der Waals surface area contributed by atoms with E-state index in [2.05, 4.69) is 64.8 Å². The van der Waals surface area contributed by atoms with Crippen molar-refractivity contribution < 1.29 is 9.53 Å². The highest BCUT2D eigenvalue weighted by Gasteiger charge is 2.29. The van der Waals surface area contributed by atoms with E-state index in [1.54, 1.807) is 0 Å². The van der Waals surface area contributed by atoms with Gasteiger partial charge in [0.25, 0.3) is 0 Å². The molecule has 0 aromatic heterocycles. The molecule has 3 aromatic carbocycles. The molecule has 3 aromatic rings. The molecule has 1 aliphatic heterocycles. The number of rotatable bonds is 8. The lowest BCUT2D eigenvalue weighted by Crippen LogP contribution is -2.45. The van der Waals surface area contributed by atoms with Crippen molar-refractivity contribution in [3.63, 3.8) is 0 Å². The molecule has 0 bridgehead atoms. The molecule has 154 valence electrons. The summed E-state index contributed by atoms with van der Waals surface area (Å²) in [6, 6.07) is 28.8. The lowest BCUT2D eigenvalue weighted by atomic mass is 10.1. The molecule has 4 heteroatoms. The maximum atomic E-state index is 12.6. The van der Waals surface area contributed by atoms with Gasteiger partial charge in [-0.1, -0.05) is 72.8 Å². The second-order valence-electron chi connectivity index (χ2n) is 7.69. The highest BCUT2D eigenvalue weighted by molar-refractivity contribution is 5.77. The minimum absolute atomic E-state index is 0.00855. The number of hydrogen-bond acceptors (Lipinski definition) is 3. The predicted molar refractivity (Wildman–Crippen MR) is 121 cm³/mol. The largest absolute Gasteiger partial charge is 0.489 e. The van der Waals surface area contributed by atoms with Crippen LogP contribution in [0.5, 0.6) is 5.75 Å². The van der Waals surface area contributed by atoms with Gasteiger partial charge in [0.05, 0.1) is 18.2 Å². The zero-order valence-electron chi connectivity index (χ0n) is 17.2. The third-order valence-corrected chi connectivity index (χ3v) is 5.47. The molecule has 1 amide bonds. The summed E-state index contributed by atoms with van der Waals surface area (Å²) in [5, 5.41) is 3.09. The number of aryl methyl sites for hydroxylation is 1. The summed E-state index contributed by atoms with van der Waals surface area (Å²) in [6.45, 7) is 1.96. The van der Waals surface area contributed by atoms with E-state index in [0.29, 0.717) is 19.6 Å². The van der Waals surface area contributed by atoms with Gasteiger partial charge in [-0.15, -0.1) is 0 Å². The fraction of sp³-hybridized carbons (Fsp3) is 0.269. The Hall–Kier alpha value is -3.27. The number of nitrogens with one attached hydrogen (secondary N) is 1. The minimum Gasteiger partial charge on any atom is -0.489 e. The number of hydrogen-bond donors (Lipinski definition) is 1. The first-order valence-corrected chi connectivity index (χ1v) is 10.6. The molecule has 1 atom stereocenters. The molecular formula is C26H28N2O2. The van der Waals surface area contributed by atoms with Crippen LogP contribution in [0.3, 0.4) is 0 Å². The van der Waals surface area contributed by atoms with E-state index in [0.717, 1.165) is 30.8 Å². The van der Waals surface area contributed by atoms with E-state index >= 15 is 0 Å². The smallest absolute Gasteiger partial charge is 0.222 e. The van der Waals surface area contributed by atoms with E-state index in [4.69, 9.17) is 4.74 Å². The Morgan fingerprint density at radius 3 is 2.33 bits per heavy atom. The number of amides is 1. The van der Waals surface area contributed by atoms with E-state index in [1.165, 1.54) is 11.1 Å². The van der Waals surface area contributed by atoms with Crippen LogP contribution < -0.4 is 15.0 Å². The van der Waals surface area contributed by atoms with Crippen LogP contribution in [0.25, 0.3) is 0 Å². The van der Waals surface area contributed by atoms with Crippen molar-refractivity contribution in [1.29, 1.82) is 0 Å². The molecule has 1 unspecified atom stereocenters. The summed E-state index contributed by atoms with van der Waals surface area (Å²) in [6.07, 6.45) is 2.33. The number of nitrogens with zero attached hydrogens (tertiary/aromatic N) is 1. The van der Waals surface area contributed by atoms with Crippen molar-refractivity contribution in [2.75, 3.05) is 18.1 Å². The summed E-state index contributed by atoms with van der Waals surface area (Å²) in [5.74, 6) is 0.960. The average Bonchev–Trinajstić information content (AvgIpc) is 2.80. The third-order valence-electron chi connectivity index (χ3n) is 5.47. The first-order chi connectivity index (χ1) is 14.8. The Kier molecular flexibility index (Phi) is 6.65. The molecule has 0 aliphatic carbocycles. The molecular weight excluding hydrogens is 372 g/mol. The molecule has 4 rings (SSSR count). The molecule has 0 fully saturated rings. The molecule has 1 N–H and O–H groups in total. The lowest BCUT2D eigenvalue weighted by molar-refractivity contribution is -0.121. The van der Waals surface area contributed by atoms with Crippen LogP contribution in [-0.4, -0.2) is 25.1 Å². The summed E-state index contributed by atoms with van der Waals surface area (Å²) >= 11 is 0. The molecule has 1 aliphatic rings. The van der Waals surface area contributed by atoms with Gasteiger partial charge in [-0.25, -0.2) is 0 Å². The average molecular weight is 401 g/mol. The molecule has 0 saturated carbocycles. The third kappa shape index (κ3) is 5.20. The number of ether oxygens (including phenoxy) is 1. The van der Waals surface area contributed by atoms with Crippen molar-refractivity contribution in [2.45, 2.75) is 31.8 Å². The van der Waals surface area contributed by atoms with E-state index in [-0.39, 0.29) is 11.9 Å².